The van der Waals surface area contributed by atoms with Crippen molar-refractivity contribution in [3.63, 3.8) is 0 Å². The molecule has 2 aromatic carbocycles. The molecule has 0 saturated carbocycles. The summed E-state index contributed by atoms with van der Waals surface area (Å²) < 4.78 is 11.7. The van der Waals surface area contributed by atoms with E-state index in [2.05, 4.69) is 29.8 Å². The highest BCUT2D eigenvalue weighted by atomic mass is 79.9. The Morgan fingerprint density at radius 1 is 1.12 bits per heavy atom. The number of esters is 1. The van der Waals surface area contributed by atoms with Crippen LogP contribution in [-0.4, -0.2) is 12.6 Å². The lowest BCUT2D eigenvalue weighted by molar-refractivity contribution is -0.136. The SMILES string of the molecule is CCC(C)c1ccc(OC(=O)COc2ccc(C)c(C)c2)c(Br)c1. The summed E-state index contributed by atoms with van der Waals surface area (Å²) in [5.74, 6) is 1.22. The number of hydrogen-bond acceptors (Lipinski definition) is 3. The second-order valence-electron chi connectivity index (χ2n) is 6.01. The second kappa shape index (κ2) is 8.34. The molecular formula is C20H23BrO3. The third-order valence-electron chi connectivity index (χ3n) is 4.20. The van der Waals surface area contributed by atoms with Gasteiger partial charge in [-0.25, -0.2) is 4.79 Å². The van der Waals surface area contributed by atoms with Crippen LogP contribution in [0.2, 0.25) is 0 Å². The summed E-state index contributed by atoms with van der Waals surface area (Å²) in [6, 6.07) is 11.6. The Kier molecular flexibility index (Phi) is 6.44. The zero-order valence-electron chi connectivity index (χ0n) is 14.6. The molecule has 0 spiro atoms. The van der Waals surface area contributed by atoms with Gasteiger partial charge in [0.2, 0.25) is 0 Å². The molecule has 0 bridgehead atoms. The lowest BCUT2D eigenvalue weighted by atomic mass is 9.99. The van der Waals surface area contributed by atoms with E-state index in [1.165, 1.54) is 11.1 Å². The molecule has 1 atom stereocenters. The number of hydrogen-bond donors (Lipinski definition) is 0. The Balaban J connectivity index is 1.95. The van der Waals surface area contributed by atoms with Crippen molar-refractivity contribution in [2.45, 2.75) is 40.0 Å². The highest BCUT2D eigenvalue weighted by Gasteiger charge is 2.12. The monoisotopic (exact) mass is 390 g/mol. The van der Waals surface area contributed by atoms with E-state index in [0.29, 0.717) is 17.4 Å². The minimum atomic E-state index is -0.426. The lowest BCUT2D eigenvalue weighted by Crippen LogP contribution is -2.18. The first-order chi connectivity index (χ1) is 11.4. The summed E-state index contributed by atoms with van der Waals surface area (Å²) >= 11 is 3.47. The molecule has 0 aliphatic heterocycles. The van der Waals surface area contributed by atoms with E-state index < -0.39 is 5.97 Å². The highest BCUT2D eigenvalue weighted by molar-refractivity contribution is 9.10. The first-order valence-corrected chi connectivity index (χ1v) is 8.90. The summed E-state index contributed by atoms with van der Waals surface area (Å²) in [5, 5.41) is 0. The summed E-state index contributed by atoms with van der Waals surface area (Å²) in [7, 11) is 0. The molecule has 0 heterocycles. The molecule has 0 fully saturated rings. The van der Waals surface area contributed by atoms with Crippen molar-refractivity contribution in [1.82, 2.24) is 0 Å². The quantitative estimate of drug-likeness (QED) is 0.478. The number of halogens is 1. The lowest BCUT2D eigenvalue weighted by Gasteiger charge is -2.12. The van der Waals surface area contributed by atoms with E-state index in [9.17, 15) is 4.79 Å². The van der Waals surface area contributed by atoms with Gasteiger partial charge in [0.25, 0.3) is 0 Å². The van der Waals surface area contributed by atoms with Crippen molar-refractivity contribution < 1.29 is 14.3 Å². The topological polar surface area (TPSA) is 35.5 Å². The summed E-state index contributed by atoms with van der Waals surface area (Å²) in [6.45, 7) is 8.24. The molecule has 4 heteroatoms. The Bertz CT molecular complexity index is 725. The van der Waals surface area contributed by atoms with Gasteiger partial charge >= 0.3 is 5.97 Å². The van der Waals surface area contributed by atoms with Gasteiger partial charge in [0.1, 0.15) is 11.5 Å². The summed E-state index contributed by atoms with van der Waals surface area (Å²) in [4.78, 5) is 12.0. The zero-order chi connectivity index (χ0) is 17.7. The molecule has 3 nitrogen and oxygen atoms in total. The van der Waals surface area contributed by atoms with Gasteiger partial charge in [-0.1, -0.05) is 26.0 Å². The molecule has 0 aromatic heterocycles. The third kappa shape index (κ3) is 4.84. The van der Waals surface area contributed by atoms with Crippen LogP contribution < -0.4 is 9.47 Å². The summed E-state index contributed by atoms with van der Waals surface area (Å²) in [5.41, 5.74) is 3.54. The van der Waals surface area contributed by atoms with Crippen LogP contribution in [-0.2, 0) is 4.79 Å². The molecule has 128 valence electrons. The van der Waals surface area contributed by atoms with Crippen molar-refractivity contribution in [2.75, 3.05) is 6.61 Å². The van der Waals surface area contributed by atoms with Gasteiger partial charge in [0, 0.05) is 0 Å². The van der Waals surface area contributed by atoms with E-state index in [0.717, 1.165) is 16.5 Å². The maximum absolute atomic E-state index is 12.0. The first-order valence-electron chi connectivity index (χ1n) is 8.11. The van der Waals surface area contributed by atoms with Crippen LogP contribution in [0.1, 0.15) is 42.9 Å². The molecule has 2 rings (SSSR count). The highest BCUT2D eigenvalue weighted by Crippen LogP contribution is 2.30. The predicted molar refractivity (Wildman–Crippen MR) is 99.9 cm³/mol. The van der Waals surface area contributed by atoms with E-state index in [4.69, 9.17) is 9.47 Å². The van der Waals surface area contributed by atoms with Crippen molar-refractivity contribution in [1.29, 1.82) is 0 Å². The minimum absolute atomic E-state index is 0.123. The Morgan fingerprint density at radius 2 is 1.88 bits per heavy atom. The average molecular weight is 391 g/mol. The second-order valence-corrected chi connectivity index (χ2v) is 6.86. The Hall–Kier alpha value is -1.81. The number of aryl methyl sites for hydroxylation is 2. The molecule has 1 unspecified atom stereocenters. The fourth-order valence-corrected chi connectivity index (χ4v) is 2.72. The van der Waals surface area contributed by atoms with Crippen LogP contribution in [0.4, 0.5) is 0 Å². The first kappa shape index (κ1) is 18.5. The molecule has 0 radical (unpaired) electrons. The van der Waals surface area contributed by atoms with Crippen LogP contribution in [0.25, 0.3) is 0 Å². The number of benzene rings is 2. The molecule has 0 aliphatic carbocycles. The number of carbonyl (C=O) groups excluding carboxylic acids is 1. The van der Waals surface area contributed by atoms with E-state index in [-0.39, 0.29) is 6.61 Å². The van der Waals surface area contributed by atoms with Gasteiger partial charge in [0.15, 0.2) is 6.61 Å². The normalized spacial score (nSPS) is 11.9. The van der Waals surface area contributed by atoms with Gasteiger partial charge in [-0.05, 0) is 83.1 Å². The fraction of sp³-hybridized carbons (Fsp3) is 0.350. The smallest absolute Gasteiger partial charge is 0.349 e. The summed E-state index contributed by atoms with van der Waals surface area (Å²) in [6.07, 6.45) is 1.06. The van der Waals surface area contributed by atoms with Crippen LogP contribution in [0, 0.1) is 13.8 Å². The molecule has 0 saturated heterocycles. The van der Waals surface area contributed by atoms with Crippen molar-refractivity contribution in [3.05, 3.63) is 57.6 Å². The largest absolute Gasteiger partial charge is 0.482 e. The standard InChI is InChI=1S/C20H23BrO3/c1-5-13(2)16-7-9-19(18(21)11-16)24-20(22)12-23-17-8-6-14(3)15(4)10-17/h6-11,13H,5,12H2,1-4H3. The van der Waals surface area contributed by atoms with Crippen molar-refractivity contribution >= 4 is 21.9 Å². The molecule has 0 aliphatic rings. The minimum Gasteiger partial charge on any atom is -0.482 e. The molecule has 24 heavy (non-hydrogen) atoms. The number of ether oxygens (including phenoxy) is 2. The molecule has 0 amide bonds. The van der Waals surface area contributed by atoms with Crippen molar-refractivity contribution in [3.8, 4) is 11.5 Å². The molecule has 0 N–H and O–H groups in total. The van der Waals surface area contributed by atoms with E-state index >= 15 is 0 Å². The van der Waals surface area contributed by atoms with Gasteiger partial charge < -0.3 is 9.47 Å². The van der Waals surface area contributed by atoms with Crippen LogP contribution >= 0.6 is 15.9 Å². The van der Waals surface area contributed by atoms with Gasteiger partial charge in [0.05, 0.1) is 4.47 Å². The molecular weight excluding hydrogens is 368 g/mol. The Morgan fingerprint density at radius 3 is 2.50 bits per heavy atom. The van der Waals surface area contributed by atoms with Crippen LogP contribution in [0.15, 0.2) is 40.9 Å². The third-order valence-corrected chi connectivity index (χ3v) is 4.82. The fourth-order valence-electron chi connectivity index (χ4n) is 2.24. The van der Waals surface area contributed by atoms with Gasteiger partial charge in [-0.2, -0.15) is 0 Å². The van der Waals surface area contributed by atoms with Gasteiger partial charge in [-0.3, -0.25) is 0 Å². The number of carbonyl (C=O) groups is 1. The number of rotatable bonds is 6. The predicted octanol–water partition coefficient (Wildman–Crippen LogP) is 5.56. The van der Waals surface area contributed by atoms with Crippen LogP contribution in [0.3, 0.4) is 0 Å². The maximum atomic E-state index is 12.0. The molecule has 2 aromatic rings. The van der Waals surface area contributed by atoms with E-state index in [1.54, 1.807) is 0 Å². The maximum Gasteiger partial charge on any atom is 0.349 e. The van der Waals surface area contributed by atoms with Gasteiger partial charge in [-0.15, -0.1) is 0 Å². The van der Waals surface area contributed by atoms with E-state index in [1.807, 2.05) is 50.2 Å². The van der Waals surface area contributed by atoms with Crippen molar-refractivity contribution in [2.24, 2.45) is 0 Å². The van der Waals surface area contributed by atoms with Crippen LogP contribution in [0.5, 0.6) is 11.5 Å². The zero-order valence-corrected chi connectivity index (χ0v) is 16.1. The average Bonchev–Trinajstić information content (AvgIpc) is 2.57. The Labute approximate surface area is 152 Å².